The number of nitrogens with one attached hydrogen (secondary N) is 2. The quantitative estimate of drug-likeness (QED) is 0.407. The van der Waals surface area contributed by atoms with Gasteiger partial charge in [-0.15, -0.1) is 0 Å². The van der Waals surface area contributed by atoms with Crippen LogP contribution < -0.4 is 10.6 Å². The summed E-state index contributed by atoms with van der Waals surface area (Å²) in [5, 5.41) is 5.92. The average molecular weight is 382 g/mol. The zero-order valence-electron chi connectivity index (χ0n) is 15.4. The molecule has 1 amide bonds. The summed E-state index contributed by atoms with van der Waals surface area (Å²) in [4.78, 5) is 26.2. The summed E-state index contributed by atoms with van der Waals surface area (Å²) in [5.74, 6) is 0.459. The normalized spacial score (nSPS) is 19.0. The molecular formula is C16H26N6O3S. The van der Waals surface area contributed by atoms with Gasteiger partial charge in [0.05, 0.1) is 23.2 Å². The van der Waals surface area contributed by atoms with Crippen molar-refractivity contribution in [3.63, 3.8) is 0 Å². The van der Waals surface area contributed by atoms with Crippen LogP contribution in [0.1, 0.15) is 31.3 Å². The number of sulfone groups is 1. The predicted octanol–water partition coefficient (Wildman–Crippen LogP) is -0.319. The fourth-order valence-corrected chi connectivity index (χ4v) is 3.95. The molecule has 2 rings (SSSR count). The van der Waals surface area contributed by atoms with E-state index < -0.39 is 14.6 Å². The molecule has 0 aliphatic carbocycles. The van der Waals surface area contributed by atoms with Gasteiger partial charge in [0, 0.05) is 38.6 Å². The molecule has 0 saturated carbocycles. The lowest BCUT2D eigenvalue weighted by Gasteiger charge is -2.39. The number of amides is 1. The minimum absolute atomic E-state index is 0.105. The van der Waals surface area contributed by atoms with Gasteiger partial charge < -0.3 is 15.5 Å². The third-order valence-corrected chi connectivity index (χ3v) is 6.67. The first-order chi connectivity index (χ1) is 12.3. The summed E-state index contributed by atoms with van der Waals surface area (Å²) in [6.45, 7) is 7.61. The highest BCUT2D eigenvalue weighted by Gasteiger charge is 2.40. The summed E-state index contributed by atoms with van der Waals surface area (Å²) in [6.07, 6.45) is 4.37. The van der Waals surface area contributed by atoms with Gasteiger partial charge in [-0.3, -0.25) is 14.8 Å². The number of aliphatic imine (C=N–C) groups is 1. The van der Waals surface area contributed by atoms with E-state index in [1.165, 1.54) is 18.6 Å². The van der Waals surface area contributed by atoms with E-state index in [9.17, 15) is 13.2 Å². The van der Waals surface area contributed by atoms with Crippen LogP contribution in [0, 0.1) is 0 Å². The maximum Gasteiger partial charge on any atom is 0.271 e. The average Bonchev–Trinajstić information content (AvgIpc) is 2.60. The number of carbonyl (C=O) groups is 1. The van der Waals surface area contributed by atoms with Crippen molar-refractivity contribution < 1.29 is 13.2 Å². The lowest BCUT2D eigenvalue weighted by atomic mass is 10.2. The lowest BCUT2D eigenvalue weighted by molar-refractivity contribution is 0.0949. The third kappa shape index (κ3) is 4.90. The predicted molar refractivity (Wildman–Crippen MR) is 99.8 cm³/mol. The number of hydrogen-bond acceptors (Lipinski definition) is 6. The van der Waals surface area contributed by atoms with Crippen LogP contribution >= 0.6 is 0 Å². The SMILES string of the molecule is CCNC(=NCCNC(=O)c1cnccn1)N1CCS(=O)(=O)C(C)(C)C1. The molecular weight excluding hydrogens is 356 g/mol. The molecule has 0 unspecified atom stereocenters. The number of rotatable bonds is 5. The van der Waals surface area contributed by atoms with Crippen molar-refractivity contribution in [1.29, 1.82) is 0 Å². The van der Waals surface area contributed by atoms with E-state index in [0.29, 0.717) is 38.7 Å². The molecule has 1 aromatic heterocycles. The van der Waals surface area contributed by atoms with Gasteiger partial charge in [-0.1, -0.05) is 0 Å². The molecule has 9 nitrogen and oxygen atoms in total. The second-order valence-electron chi connectivity index (χ2n) is 6.58. The molecule has 0 bridgehead atoms. The Morgan fingerprint density at radius 3 is 2.73 bits per heavy atom. The van der Waals surface area contributed by atoms with Gasteiger partial charge in [0.1, 0.15) is 5.69 Å². The highest BCUT2D eigenvalue weighted by molar-refractivity contribution is 7.92. The van der Waals surface area contributed by atoms with Gasteiger partial charge in [-0.2, -0.15) is 0 Å². The molecule has 2 heterocycles. The Bertz CT molecular complexity index is 749. The van der Waals surface area contributed by atoms with Crippen molar-refractivity contribution in [2.24, 2.45) is 4.99 Å². The van der Waals surface area contributed by atoms with Crippen LogP contribution in [0.2, 0.25) is 0 Å². The van der Waals surface area contributed by atoms with E-state index in [-0.39, 0.29) is 17.4 Å². The van der Waals surface area contributed by atoms with Crippen molar-refractivity contribution >= 4 is 21.7 Å². The van der Waals surface area contributed by atoms with Crippen LogP contribution in [-0.2, 0) is 9.84 Å². The topological polar surface area (TPSA) is 117 Å². The molecule has 0 radical (unpaired) electrons. The number of carbonyl (C=O) groups excluding carboxylic acids is 1. The molecule has 1 aromatic rings. The van der Waals surface area contributed by atoms with Gasteiger partial charge in [-0.05, 0) is 20.8 Å². The molecule has 1 aliphatic rings. The summed E-state index contributed by atoms with van der Waals surface area (Å²) in [6, 6.07) is 0. The smallest absolute Gasteiger partial charge is 0.271 e. The summed E-state index contributed by atoms with van der Waals surface area (Å²) < 4.78 is 23.5. The van der Waals surface area contributed by atoms with Crippen LogP contribution in [0.4, 0.5) is 0 Å². The maximum atomic E-state index is 12.2. The summed E-state index contributed by atoms with van der Waals surface area (Å²) in [7, 11) is -3.10. The first-order valence-electron chi connectivity index (χ1n) is 8.56. The number of guanidine groups is 1. The number of hydrogen-bond donors (Lipinski definition) is 2. The van der Waals surface area contributed by atoms with Crippen LogP contribution in [0.25, 0.3) is 0 Å². The first kappa shape index (κ1) is 20.1. The first-order valence-corrected chi connectivity index (χ1v) is 10.2. The molecule has 1 fully saturated rings. The second-order valence-corrected chi connectivity index (χ2v) is 9.33. The molecule has 144 valence electrons. The van der Waals surface area contributed by atoms with Crippen LogP contribution in [-0.4, -0.2) is 78.4 Å². The minimum atomic E-state index is -3.10. The largest absolute Gasteiger partial charge is 0.357 e. The lowest BCUT2D eigenvalue weighted by Crippen LogP contribution is -2.57. The van der Waals surface area contributed by atoms with Crippen molar-refractivity contribution in [3.05, 3.63) is 24.3 Å². The molecule has 26 heavy (non-hydrogen) atoms. The van der Waals surface area contributed by atoms with Crippen molar-refractivity contribution in [2.45, 2.75) is 25.5 Å². The molecule has 1 saturated heterocycles. The van der Waals surface area contributed by atoms with Gasteiger partial charge in [0.2, 0.25) is 0 Å². The maximum absolute atomic E-state index is 12.2. The van der Waals surface area contributed by atoms with Crippen molar-refractivity contribution in [2.75, 3.05) is 38.5 Å². The third-order valence-electron chi connectivity index (χ3n) is 4.13. The van der Waals surface area contributed by atoms with E-state index in [1.807, 2.05) is 11.8 Å². The highest BCUT2D eigenvalue weighted by Crippen LogP contribution is 2.23. The highest BCUT2D eigenvalue weighted by atomic mass is 32.2. The fraction of sp³-hybridized carbons (Fsp3) is 0.625. The van der Waals surface area contributed by atoms with E-state index in [1.54, 1.807) is 13.8 Å². The Morgan fingerprint density at radius 2 is 2.12 bits per heavy atom. The van der Waals surface area contributed by atoms with Gasteiger partial charge in [0.15, 0.2) is 15.8 Å². The second kappa shape index (κ2) is 8.43. The van der Waals surface area contributed by atoms with Crippen molar-refractivity contribution in [1.82, 2.24) is 25.5 Å². The molecule has 0 spiro atoms. The molecule has 0 atom stereocenters. The summed E-state index contributed by atoms with van der Waals surface area (Å²) >= 11 is 0. The molecule has 10 heteroatoms. The van der Waals surface area contributed by atoms with Crippen LogP contribution in [0.5, 0.6) is 0 Å². The number of nitrogens with zero attached hydrogens (tertiary/aromatic N) is 4. The summed E-state index contributed by atoms with van der Waals surface area (Å²) in [5.41, 5.74) is 0.256. The molecule has 2 N–H and O–H groups in total. The minimum Gasteiger partial charge on any atom is -0.357 e. The van der Waals surface area contributed by atoms with Gasteiger partial charge >= 0.3 is 0 Å². The van der Waals surface area contributed by atoms with E-state index >= 15 is 0 Å². The molecule has 1 aliphatic heterocycles. The standard InChI is InChI=1S/C16H26N6O3S/c1-4-18-15(22-9-10-26(24,25)16(2,3)12-22)21-8-7-20-14(23)13-11-17-5-6-19-13/h5-6,11H,4,7-10,12H2,1-3H3,(H,18,21)(H,20,23). The van der Waals surface area contributed by atoms with Crippen molar-refractivity contribution in [3.8, 4) is 0 Å². The Balaban J connectivity index is 1.94. The van der Waals surface area contributed by atoms with Crippen LogP contribution in [0.3, 0.4) is 0 Å². The van der Waals surface area contributed by atoms with Gasteiger partial charge in [-0.25, -0.2) is 13.4 Å². The Kier molecular flexibility index (Phi) is 6.52. The monoisotopic (exact) mass is 382 g/mol. The number of aromatic nitrogens is 2. The van der Waals surface area contributed by atoms with E-state index in [0.717, 1.165) is 0 Å². The zero-order valence-corrected chi connectivity index (χ0v) is 16.2. The van der Waals surface area contributed by atoms with E-state index in [4.69, 9.17) is 0 Å². The van der Waals surface area contributed by atoms with Crippen LogP contribution in [0.15, 0.2) is 23.6 Å². The van der Waals surface area contributed by atoms with E-state index in [2.05, 4.69) is 25.6 Å². The Labute approximate surface area is 154 Å². The Morgan fingerprint density at radius 1 is 1.35 bits per heavy atom. The zero-order chi connectivity index (χ0) is 19.2. The Hall–Kier alpha value is -2.23. The fourth-order valence-electron chi connectivity index (χ4n) is 2.59. The molecule has 0 aromatic carbocycles. The van der Waals surface area contributed by atoms with Gasteiger partial charge in [0.25, 0.3) is 5.91 Å².